The second-order valence-corrected chi connectivity index (χ2v) is 10.9. The van der Waals surface area contributed by atoms with Gasteiger partial charge in [0.05, 0.1) is 29.1 Å². The van der Waals surface area contributed by atoms with Gasteiger partial charge >= 0.3 is 0 Å². The van der Waals surface area contributed by atoms with Gasteiger partial charge in [-0.15, -0.1) is 0 Å². The first-order valence-corrected chi connectivity index (χ1v) is 12.3. The number of nitrogens with zero attached hydrogens (tertiary/aromatic N) is 2. The maximum Gasteiger partial charge on any atom is 0.233 e. The van der Waals surface area contributed by atoms with Gasteiger partial charge in [-0.05, 0) is 57.2 Å². The zero-order valence-electron chi connectivity index (χ0n) is 18.5. The third-order valence-electron chi connectivity index (χ3n) is 5.28. The summed E-state index contributed by atoms with van der Waals surface area (Å²) in [6, 6.07) is 6.72. The lowest BCUT2D eigenvalue weighted by Gasteiger charge is -2.21. The molecule has 1 aliphatic heterocycles. The van der Waals surface area contributed by atoms with Crippen molar-refractivity contribution in [2.75, 3.05) is 18.2 Å². The average Bonchev–Trinajstić information content (AvgIpc) is 3.29. The maximum absolute atomic E-state index is 13.2. The van der Waals surface area contributed by atoms with Gasteiger partial charge in [-0.3, -0.25) is 9.48 Å². The number of hydrogen-bond donors (Lipinski definition) is 2. The molecule has 170 valence electrons. The van der Waals surface area contributed by atoms with Gasteiger partial charge < -0.3 is 15.2 Å². The molecule has 1 aliphatic rings. The topological polar surface area (TPSA) is 111 Å². The minimum atomic E-state index is -3.34. The molecule has 0 radical (unpaired) electrons. The van der Waals surface area contributed by atoms with E-state index in [1.165, 1.54) is 6.26 Å². The Labute approximate surface area is 183 Å². The smallest absolute Gasteiger partial charge is 0.233 e. The van der Waals surface area contributed by atoms with Crippen molar-refractivity contribution >= 4 is 21.6 Å². The Morgan fingerprint density at radius 1 is 1.39 bits per heavy atom. The van der Waals surface area contributed by atoms with Crippen LogP contribution in [0.15, 0.2) is 35.4 Å². The predicted octanol–water partition coefficient (Wildman–Crippen LogP) is 2.66. The standard InChI is InChI=1S/C22H31N3O5S/c1-15-12-16(7-8-19(15)31(4,28)29)18(13-17-6-5-11-30-17)21(26)23-20-9-10-25(24-20)14-22(2,3)27/h7-10,12,17-18,27H,5-6,11,13-14H2,1-4H3,(H,23,24,26). The largest absolute Gasteiger partial charge is 0.389 e. The van der Waals surface area contributed by atoms with Crippen molar-refractivity contribution in [1.82, 2.24) is 9.78 Å². The van der Waals surface area contributed by atoms with E-state index in [4.69, 9.17) is 4.74 Å². The number of aliphatic hydroxyl groups is 1. The molecule has 31 heavy (non-hydrogen) atoms. The monoisotopic (exact) mass is 449 g/mol. The fourth-order valence-corrected chi connectivity index (χ4v) is 4.88. The lowest BCUT2D eigenvalue weighted by molar-refractivity contribution is -0.118. The Hall–Kier alpha value is -2.23. The summed E-state index contributed by atoms with van der Waals surface area (Å²) in [7, 11) is -3.34. The molecule has 0 bridgehead atoms. The van der Waals surface area contributed by atoms with Crippen molar-refractivity contribution < 1.29 is 23.1 Å². The molecule has 1 aromatic carbocycles. The van der Waals surface area contributed by atoms with E-state index in [2.05, 4.69) is 10.4 Å². The van der Waals surface area contributed by atoms with Crippen LogP contribution in [-0.2, 0) is 25.9 Å². The molecule has 0 saturated carbocycles. The van der Waals surface area contributed by atoms with E-state index in [-0.39, 0.29) is 16.9 Å². The van der Waals surface area contributed by atoms with Gasteiger partial charge in [-0.1, -0.05) is 12.1 Å². The second kappa shape index (κ2) is 9.10. The van der Waals surface area contributed by atoms with Crippen molar-refractivity contribution in [1.29, 1.82) is 0 Å². The van der Waals surface area contributed by atoms with Gasteiger partial charge in [0.1, 0.15) is 0 Å². The molecule has 3 rings (SSSR count). The normalized spacial score (nSPS) is 18.2. The second-order valence-electron chi connectivity index (χ2n) is 8.92. The zero-order valence-corrected chi connectivity index (χ0v) is 19.3. The van der Waals surface area contributed by atoms with E-state index in [1.54, 1.807) is 55.9 Å². The lowest BCUT2D eigenvalue weighted by Crippen LogP contribution is -2.27. The van der Waals surface area contributed by atoms with E-state index < -0.39 is 21.4 Å². The highest BCUT2D eigenvalue weighted by atomic mass is 32.2. The Bertz CT molecular complexity index is 1030. The number of ether oxygens (including phenoxy) is 1. The quantitative estimate of drug-likeness (QED) is 0.641. The van der Waals surface area contributed by atoms with E-state index in [1.807, 2.05) is 0 Å². The molecule has 2 N–H and O–H groups in total. The number of nitrogens with one attached hydrogen (secondary N) is 1. The average molecular weight is 450 g/mol. The Morgan fingerprint density at radius 2 is 2.13 bits per heavy atom. The van der Waals surface area contributed by atoms with Gasteiger partial charge in [0, 0.05) is 25.1 Å². The van der Waals surface area contributed by atoms with Crippen LogP contribution in [0, 0.1) is 6.92 Å². The van der Waals surface area contributed by atoms with Crippen LogP contribution < -0.4 is 5.32 Å². The fraction of sp³-hybridized carbons (Fsp3) is 0.545. The van der Waals surface area contributed by atoms with Gasteiger partial charge in [0.15, 0.2) is 15.7 Å². The Balaban J connectivity index is 1.83. The first-order chi connectivity index (χ1) is 14.4. The van der Waals surface area contributed by atoms with Gasteiger partial charge in [-0.25, -0.2) is 8.42 Å². The third kappa shape index (κ3) is 6.38. The molecule has 0 aliphatic carbocycles. The summed E-state index contributed by atoms with van der Waals surface area (Å²) in [5.41, 5.74) is 0.433. The first kappa shape index (κ1) is 23.4. The van der Waals surface area contributed by atoms with Crippen molar-refractivity contribution in [3.05, 3.63) is 41.6 Å². The molecule has 9 heteroatoms. The van der Waals surface area contributed by atoms with Crippen molar-refractivity contribution in [3.8, 4) is 0 Å². The number of anilines is 1. The van der Waals surface area contributed by atoms with Crippen LogP contribution in [0.5, 0.6) is 0 Å². The number of hydrogen-bond acceptors (Lipinski definition) is 6. The van der Waals surface area contributed by atoms with Crippen LogP contribution >= 0.6 is 0 Å². The number of carbonyl (C=O) groups is 1. The Kier molecular flexibility index (Phi) is 6.88. The fourth-order valence-electron chi connectivity index (χ4n) is 3.92. The zero-order chi connectivity index (χ0) is 22.8. The molecule has 8 nitrogen and oxygen atoms in total. The number of carbonyl (C=O) groups excluding carboxylic acids is 1. The van der Waals surface area contributed by atoms with Crippen molar-refractivity contribution in [2.24, 2.45) is 0 Å². The highest BCUT2D eigenvalue weighted by Gasteiger charge is 2.28. The molecule has 1 amide bonds. The number of aromatic nitrogens is 2. The summed E-state index contributed by atoms with van der Waals surface area (Å²) in [6.45, 7) is 6.10. The van der Waals surface area contributed by atoms with Crippen LogP contribution in [0.25, 0.3) is 0 Å². The minimum absolute atomic E-state index is 0.0154. The summed E-state index contributed by atoms with van der Waals surface area (Å²) in [5, 5.41) is 17.1. The van der Waals surface area contributed by atoms with E-state index in [9.17, 15) is 18.3 Å². The molecule has 2 unspecified atom stereocenters. The molecule has 1 fully saturated rings. The number of rotatable bonds is 8. The highest BCUT2D eigenvalue weighted by molar-refractivity contribution is 7.90. The van der Waals surface area contributed by atoms with Crippen LogP contribution in [-0.4, -0.2) is 53.8 Å². The number of amides is 1. The molecule has 2 aromatic rings. The highest BCUT2D eigenvalue weighted by Crippen LogP contribution is 2.30. The first-order valence-electron chi connectivity index (χ1n) is 10.4. The lowest BCUT2D eigenvalue weighted by atomic mass is 9.90. The molecule has 2 atom stereocenters. The van der Waals surface area contributed by atoms with Gasteiger partial charge in [0.2, 0.25) is 5.91 Å². The van der Waals surface area contributed by atoms with Crippen LogP contribution in [0.2, 0.25) is 0 Å². The molecule has 1 saturated heterocycles. The predicted molar refractivity (Wildman–Crippen MR) is 118 cm³/mol. The van der Waals surface area contributed by atoms with Crippen LogP contribution in [0.4, 0.5) is 5.82 Å². The summed E-state index contributed by atoms with van der Waals surface area (Å²) in [4.78, 5) is 13.5. The third-order valence-corrected chi connectivity index (χ3v) is 6.54. The van der Waals surface area contributed by atoms with Crippen molar-refractivity contribution in [3.63, 3.8) is 0 Å². The SMILES string of the molecule is Cc1cc(C(CC2CCCO2)C(=O)Nc2ccn(CC(C)(C)O)n2)ccc1S(C)(=O)=O. The summed E-state index contributed by atoms with van der Waals surface area (Å²) in [5.74, 6) is -0.332. The minimum Gasteiger partial charge on any atom is -0.389 e. The van der Waals surface area contributed by atoms with Gasteiger partial charge in [-0.2, -0.15) is 5.10 Å². The van der Waals surface area contributed by atoms with Crippen LogP contribution in [0.3, 0.4) is 0 Å². The van der Waals surface area contributed by atoms with E-state index in [0.717, 1.165) is 18.4 Å². The van der Waals surface area contributed by atoms with E-state index in [0.29, 0.717) is 31.0 Å². The van der Waals surface area contributed by atoms with Crippen molar-refractivity contribution in [2.45, 2.75) is 69.1 Å². The molecule has 2 heterocycles. The van der Waals surface area contributed by atoms with E-state index >= 15 is 0 Å². The molecule has 1 aromatic heterocycles. The molecular formula is C22H31N3O5S. The Morgan fingerprint density at radius 3 is 2.71 bits per heavy atom. The summed E-state index contributed by atoms with van der Waals surface area (Å²) in [6.07, 6.45) is 5.23. The number of benzene rings is 1. The maximum atomic E-state index is 13.2. The molecule has 0 spiro atoms. The summed E-state index contributed by atoms with van der Waals surface area (Å²) >= 11 is 0. The van der Waals surface area contributed by atoms with Gasteiger partial charge in [0.25, 0.3) is 0 Å². The van der Waals surface area contributed by atoms with Crippen LogP contribution in [0.1, 0.15) is 50.2 Å². The summed E-state index contributed by atoms with van der Waals surface area (Å²) < 4.78 is 31.3. The number of aryl methyl sites for hydroxylation is 1. The number of sulfone groups is 1. The molecular weight excluding hydrogens is 418 g/mol.